The van der Waals surface area contributed by atoms with Gasteiger partial charge in [-0.25, -0.2) is 0 Å². The van der Waals surface area contributed by atoms with Crippen molar-refractivity contribution in [3.63, 3.8) is 0 Å². The topological polar surface area (TPSA) is 12.5 Å². The summed E-state index contributed by atoms with van der Waals surface area (Å²) in [5, 5.41) is 0. The molecule has 2 rings (SSSR count). The molecule has 1 aliphatic rings. The molecular formula is C11H15BClF3KNO. The van der Waals surface area contributed by atoms with E-state index in [0.29, 0.717) is 38.4 Å². The van der Waals surface area contributed by atoms with Gasteiger partial charge in [-0.2, -0.15) is 0 Å². The molecule has 0 radical (unpaired) electrons. The number of rotatable bonds is 3. The fraction of sp³-hybridized carbons (Fsp3) is 0.455. The third kappa shape index (κ3) is 6.05. The van der Waals surface area contributed by atoms with Crippen LogP contribution in [0.25, 0.3) is 0 Å². The smallest absolute Gasteiger partial charge is 0.445 e. The first kappa shape index (κ1) is 19.9. The number of benzene rings is 1. The molecule has 0 saturated carbocycles. The maximum Gasteiger partial charge on any atom is 1.00 e. The predicted octanol–water partition coefficient (Wildman–Crippen LogP) is -1.00. The number of morpholine rings is 1. The van der Waals surface area contributed by atoms with Gasteiger partial charge in [-0.15, -0.1) is 17.9 Å². The Morgan fingerprint density at radius 1 is 1.11 bits per heavy atom. The molecular weight excluding hydrogens is 304 g/mol. The second-order valence-electron chi connectivity index (χ2n) is 4.16. The largest absolute Gasteiger partial charge is 1.00 e. The van der Waals surface area contributed by atoms with E-state index < -0.39 is 12.4 Å². The molecule has 0 unspecified atom stereocenters. The number of hydrogen-bond acceptors (Lipinski definition) is 2. The van der Waals surface area contributed by atoms with Crippen LogP contribution in [0.3, 0.4) is 0 Å². The van der Waals surface area contributed by atoms with Gasteiger partial charge in [-0.1, -0.05) is 29.8 Å². The van der Waals surface area contributed by atoms with Crippen LogP contribution in [0.4, 0.5) is 12.9 Å². The van der Waals surface area contributed by atoms with Crippen LogP contribution in [0.5, 0.6) is 0 Å². The summed E-state index contributed by atoms with van der Waals surface area (Å²) in [4.78, 5) is 1.99. The molecule has 0 bridgehead atoms. The third-order valence-electron chi connectivity index (χ3n) is 2.91. The van der Waals surface area contributed by atoms with Crippen molar-refractivity contribution in [2.45, 2.75) is 6.54 Å². The molecule has 1 saturated heterocycles. The molecule has 2 nitrogen and oxygen atoms in total. The number of nitrogens with zero attached hydrogens (tertiary/aromatic N) is 1. The molecule has 0 atom stereocenters. The monoisotopic (exact) mass is 319 g/mol. The van der Waals surface area contributed by atoms with E-state index in [2.05, 4.69) is 0 Å². The summed E-state index contributed by atoms with van der Waals surface area (Å²) in [6.45, 7) is -2.00. The van der Waals surface area contributed by atoms with Gasteiger partial charge >= 0.3 is 58.4 Å². The van der Waals surface area contributed by atoms with Crippen molar-refractivity contribution in [3.05, 3.63) is 29.8 Å². The Bertz CT molecular complexity index is 388. The Balaban J connectivity index is 0.00000162. The minimum Gasteiger partial charge on any atom is -0.445 e. The SMILES string of the molecule is Cl.F[B-](F)(F)c1ccccc1CN1CCOCC1.[K+]. The average Bonchev–Trinajstić information content (AvgIpc) is 2.30. The second-order valence-corrected chi connectivity index (χ2v) is 4.16. The van der Waals surface area contributed by atoms with Gasteiger partial charge in [0.15, 0.2) is 0 Å². The fourth-order valence-corrected chi connectivity index (χ4v) is 2.00. The van der Waals surface area contributed by atoms with E-state index in [1.165, 1.54) is 6.07 Å². The molecule has 102 valence electrons. The van der Waals surface area contributed by atoms with Crippen LogP contribution in [0.2, 0.25) is 0 Å². The van der Waals surface area contributed by atoms with Gasteiger partial charge in [0, 0.05) is 19.6 Å². The van der Waals surface area contributed by atoms with E-state index in [1.54, 1.807) is 12.1 Å². The summed E-state index contributed by atoms with van der Waals surface area (Å²) in [5.74, 6) is 0. The van der Waals surface area contributed by atoms with Crippen LogP contribution < -0.4 is 56.8 Å². The number of ether oxygens (including phenoxy) is 1. The second kappa shape index (κ2) is 9.04. The van der Waals surface area contributed by atoms with E-state index in [4.69, 9.17) is 4.74 Å². The minimum absolute atomic E-state index is 0. The zero-order valence-electron chi connectivity index (χ0n) is 10.8. The molecule has 1 aromatic rings. The summed E-state index contributed by atoms with van der Waals surface area (Å²) in [7, 11) is 0. The van der Waals surface area contributed by atoms with Crippen molar-refractivity contribution in [1.82, 2.24) is 4.90 Å². The Morgan fingerprint density at radius 2 is 1.68 bits per heavy atom. The third-order valence-corrected chi connectivity index (χ3v) is 2.91. The van der Waals surface area contributed by atoms with Gasteiger partial charge in [0.2, 0.25) is 0 Å². The van der Waals surface area contributed by atoms with Crippen molar-refractivity contribution < 1.29 is 69.1 Å². The molecule has 0 aliphatic carbocycles. The van der Waals surface area contributed by atoms with Crippen LogP contribution >= 0.6 is 12.4 Å². The summed E-state index contributed by atoms with van der Waals surface area (Å²) in [6.07, 6.45) is 0. The quantitative estimate of drug-likeness (QED) is 0.663. The molecule has 1 heterocycles. The van der Waals surface area contributed by atoms with Gasteiger partial charge in [-0.05, 0) is 0 Å². The summed E-state index contributed by atoms with van der Waals surface area (Å²) in [6, 6.07) is 5.81. The van der Waals surface area contributed by atoms with Crippen LogP contribution in [0.15, 0.2) is 24.3 Å². The standard InChI is InChI=1S/C11H14BF3NO.ClH.K/c13-12(14,15)11-4-2-1-3-10(11)9-16-5-7-17-8-6-16;;/h1-4H,5-9H2;1H;/q-1;;+1. The minimum atomic E-state index is -4.93. The Kier molecular flexibility index (Phi) is 9.48. The summed E-state index contributed by atoms with van der Waals surface area (Å²) >= 11 is 0. The molecule has 1 aliphatic heterocycles. The Hall–Kier alpha value is 0.921. The van der Waals surface area contributed by atoms with Gasteiger partial charge in [-0.3, -0.25) is 4.90 Å². The van der Waals surface area contributed by atoms with Gasteiger partial charge < -0.3 is 17.7 Å². The molecule has 1 fully saturated rings. The predicted molar refractivity (Wildman–Crippen MR) is 68.5 cm³/mol. The Labute approximate surface area is 160 Å². The first-order valence-corrected chi connectivity index (χ1v) is 5.65. The van der Waals surface area contributed by atoms with Gasteiger partial charge in [0.1, 0.15) is 0 Å². The van der Waals surface area contributed by atoms with Crippen molar-refractivity contribution in [1.29, 1.82) is 0 Å². The molecule has 0 amide bonds. The number of hydrogen-bond donors (Lipinski definition) is 0. The van der Waals surface area contributed by atoms with Crippen molar-refractivity contribution in [2.24, 2.45) is 0 Å². The summed E-state index contributed by atoms with van der Waals surface area (Å²) < 4.78 is 43.6. The molecule has 19 heavy (non-hydrogen) atoms. The van der Waals surface area contributed by atoms with E-state index in [9.17, 15) is 12.9 Å². The van der Waals surface area contributed by atoms with Crippen LogP contribution in [-0.2, 0) is 11.3 Å². The number of halogens is 4. The first-order valence-electron chi connectivity index (χ1n) is 5.65. The molecule has 1 aromatic carbocycles. The molecule has 0 spiro atoms. The van der Waals surface area contributed by atoms with Crippen LogP contribution in [0.1, 0.15) is 5.56 Å². The van der Waals surface area contributed by atoms with Crippen molar-refractivity contribution >= 4 is 24.8 Å². The molecule has 8 heteroatoms. The normalized spacial score (nSPS) is 16.4. The zero-order chi connectivity index (χ0) is 12.3. The molecule has 0 N–H and O–H groups in total. The van der Waals surface area contributed by atoms with Crippen LogP contribution in [-0.4, -0.2) is 38.2 Å². The van der Waals surface area contributed by atoms with E-state index in [0.717, 1.165) is 6.07 Å². The van der Waals surface area contributed by atoms with Crippen molar-refractivity contribution in [3.8, 4) is 0 Å². The Morgan fingerprint density at radius 3 is 2.26 bits per heavy atom. The summed E-state index contributed by atoms with van der Waals surface area (Å²) in [5.41, 5.74) is -0.110. The van der Waals surface area contributed by atoms with E-state index in [-0.39, 0.29) is 63.8 Å². The fourth-order valence-electron chi connectivity index (χ4n) is 2.00. The maximum atomic E-state index is 12.8. The van der Waals surface area contributed by atoms with Gasteiger partial charge in [0.05, 0.1) is 13.2 Å². The van der Waals surface area contributed by atoms with Gasteiger partial charge in [0.25, 0.3) is 0 Å². The van der Waals surface area contributed by atoms with Crippen LogP contribution in [0, 0.1) is 0 Å². The van der Waals surface area contributed by atoms with E-state index >= 15 is 0 Å². The first-order chi connectivity index (χ1) is 8.07. The maximum absolute atomic E-state index is 12.8. The zero-order valence-corrected chi connectivity index (χ0v) is 14.8. The molecule has 0 aromatic heterocycles. The van der Waals surface area contributed by atoms with Crippen molar-refractivity contribution in [2.75, 3.05) is 26.3 Å². The average molecular weight is 320 g/mol. The van der Waals surface area contributed by atoms with E-state index in [1.807, 2.05) is 4.90 Å².